The molecule has 0 unspecified atom stereocenters. The van der Waals surface area contributed by atoms with E-state index < -0.39 is 10.0 Å². The van der Waals surface area contributed by atoms with Crippen LogP contribution in [0.15, 0.2) is 23.1 Å². The van der Waals surface area contributed by atoms with E-state index in [1.807, 2.05) is 0 Å². The number of rotatable bonds is 4. The number of fused-ring (bicyclic) bond motifs is 1. The second-order valence-corrected chi connectivity index (χ2v) is 9.39. The van der Waals surface area contributed by atoms with Crippen LogP contribution in [0.1, 0.15) is 32.1 Å². The van der Waals surface area contributed by atoms with Crippen molar-refractivity contribution in [2.24, 2.45) is 0 Å². The molecule has 2 saturated heterocycles. The smallest absolute Gasteiger partial charge is 0.265 e. The van der Waals surface area contributed by atoms with E-state index in [9.17, 15) is 18.0 Å². The van der Waals surface area contributed by atoms with E-state index in [-0.39, 0.29) is 29.9 Å². The van der Waals surface area contributed by atoms with E-state index in [0.717, 1.165) is 32.1 Å². The van der Waals surface area contributed by atoms with Crippen molar-refractivity contribution >= 4 is 27.5 Å². The van der Waals surface area contributed by atoms with Gasteiger partial charge in [0.25, 0.3) is 5.91 Å². The van der Waals surface area contributed by atoms with Gasteiger partial charge >= 0.3 is 0 Å². The van der Waals surface area contributed by atoms with Crippen LogP contribution in [-0.4, -0.2) is 68.8 Å². The summed E-state index contributed by atoms with van der Waals surface area (Å²) in [6, 6.07) is 4.54. The van der Waals surface area contributed by atoms with Crippen molar-refractivity contribution in [1.29, 1.82) is 0 Å². The summed E-state index contributed by atoms with van der Waals surface area (Å²) in [5.74, 6) is -0.0336. The Morgan fingerprint density at radius 3 is 2.39 bits per heavy atom. The van der Waals surface area contributed by atoms with E-state index in [2.05, 4.69) is 0 Å². The van der Waals surface area contributed by atoms with Crippen LogP contribution in [0, 0.1) is 0 Å². The Morgan fingerprint density at radius 1 is 1.00 bits per heavy atom. The molecule has 9 heteroatoms. The standard InChI is InChI=1S/C19H25N3O5S/c23-18(20-8-2-1-3-9-20)13-22-16-12-15(6-7-17(16)27-14-19(22)24)28(25,26)21-10-4-5-11-21/h6-7,12H,1-5,8-11,13-14H2. The fourth-order valence-corrected chi connectivity index (χ4v) is 5.51. The number of anilines is 1. The number of hydrogen-bond donors (Lipinski definition) is 0. The zero-order chi connectivity index (χ0) is 19.7. The van der Waals surface area contributed by atoms with Gasteiger partial charge in [-0.2, -0.15) is 4.31 Å². The number of carbonyl (C=O) groups is 2. The molecule has 0 spiro atoms. The molecule has 0 N–H and O–H groups in total. The topological polar surface area (TPSA) is 87.2 Å². The molecule has 8 nitrogen and oxygen atoms in total. The highest BCUT2D eigenvalue weighted by molar-refractivity contribution is 7.89. The largest absolute Gasteiger partial charge is 0.482 e. The highest BCUT2D eigenvalue weighted by Gasteiger charge is 2.33. The number of ether oxygens (including phenoxy) is 1. The molecule has 0 atom stereocenters. The van der Waals surface area contributed by atoms with Gasteiger partial charge in [0, 0.05) is 26.2 Å². The Bertz CT molecular complexity index is 874. The second kappa shape index (κ2) is 7.71. The maximum Gasteiger partial charge on any atom is 0.265 e. The minimum atomic E-state index is -3.62. The Hall–Kier alpha value is -2.13. The predicted octanol–water partition coefficient (Wildman–Crippen LogP) is 1.21. The van der Waals surface area contributed by atoms with Gasteiger partial charge < -0.3 is 9.64 Å². The summed E-state index contributed by atoms with van der Waals surface area (Å²) < 4.78 is 32.7. The lowest BCUT2D eigenvalue weighted by Gasteiger charge is -2.33. The Kier molecular flexibility index (Phi) is 5.29. The van der Waals surface area contributed by atoms with Gasteiger partial charge in [0.15, 0.2) is 6.61 Å². The maximum atomic E-state index is 12.9. The molecule has 2 fully saturated rings. The molecule has 3 aliphatic rings. The van der Waals surface area contributed by atoms with Crippen molar-refractivity contribution in [3.63, 3.8) is 0 Å². The number of carbonyl (C=O) groups excluding carboxylic acids is 2. The Morgan fingerprint density at radius 2 is 1.68 bits per heavy atom. The number of sulfonamides is 1. The van der Waals surface area contributed by atoms with Crippen molar-refractivity contribution < 1.29 is 22.7 Å². The summed E-state index contributed by atoms with van der Waals surface area (Å²) in [5.41, 5.74) is 0.349. The van der Waals surface area contributed by atoms with Crippen LogP contribution in [0.2, 0.25) is 0 Å². The fourth-order valence-electron chi connectivity index (χ4n) is 3.97. The third-order valence-corrected chi connectivity index (χ3v) is 7.47. The van der Waals surface area contributed by atoms with Crippen LogP contribution >= 0.6 is 0 Å². The highest BCUT2D eigenvalue weighted by atomic mass is 32.2. The minimum Gasteiger partial charge on any atom is -0.482 e. The first-order valence-corrected chi connectivity index (χ1v) is 11.3. The summed E-state index contributed by atoms with van der Waals surface area (Å²) in [4.78, 5) is 28.4. The van der Waals surface area contributed by atoms with Crippen LogP contribution in [0.25, 0.3) is 0 Å². The molecule has 1 aromatic carbocycles. The maximum absolute atomic E-state index is 12.9. The fraction of sp³-hybridized carbons (Fsp3) is 0.579. The van der Waals surface area contributed by atoms with E-state index in [1.165, 1.54) is 21.3 Å². The molecule has 0 bridgehead atoms. The first kappa shape index (κ1) is 19.2. The van der Waals surface area contributed by atoms with Crippen molar-refractivity contribution in [2.75, 3.05) is 44.2 Å². The minimum absolute atomic E-state index is 0.0948. The molecule has 0 aliphatic carbocycles. The molecule has 28 heavy (non-hydrogen) atoms. The third kappa shape index (κ3) is 3.60. The van der Waals surface area contributed by atoms with Gasteiger partial charge in [0.2, 0.25) is 15.9 Å². The van der Waals surface area contributed by atoms with Crippen molar-refractivity contribution in [2.45, 2.75) is 37.0 Å². The zero-order valence-electron chi connectivity index (χ0n) is 15.8. The van der Waals surface area contributed by atoms with Gasteiger partial charge in [0.1, 0.15) is 12.3 Å². The lowest BCUT2D eigenvalue weighted by molar-refractivity contribution is -0.132. The average Bonchev–Trinajstić information content (AvgIpc) is 3.26. The third-order valence-electron chi connectivity index (χ3n) is 5.58. The Labute approximate surface area is 165 Å². The van der Waals surface area contributed by atoms with Crippen LogP contribution in [-0.2, 0) is 19.6 Å². The monoisotopic (exact) mass is 407 g/mol. The second-order valence-electron chi connectivity index (χ2n) is 7.45. The molecular weight excluding hydrogens is 382 g/mol. The van der Waals surface area contributed by atoms with Crippen molar-refractivity contribution in [3.05, 3.63) is 18.2 Å². The van der Waals surface area contributed by atoms with Crippen LogP contribution in [0.5, 0.6) is 5.75 Å². The summed E-state index contributed by atoms with van der Waals surface area (Å²) in [6.07, 6.45) is 4.75. The molecule has 2 amide bonds. The molecule has 1 aromatic rings. The number of piperidine rings is 1. The number of nitrogens with zero attached hydrogens (tertiary/aromatic N) is 3. The number of amides is 2. The van der Waals surface area contributed by atoms with Gasteiger partial charge in [-0.3, -0.25) is 14.5 Å². The number of hydrogen-bond acceptors (Lipinski definition) is 5. The lowest BCUT2D eigenvalue weighted by Crippen LogP contribution is -2.47. The summed E-state index contributed by atoms with van der Waals surface area (Å²) >= 11 is 0. The zero-order valence-corrected chi connectivity index (χ0v) is 16.6. The van der Waals surface area contributed by atoms with Crippen molar-refractivity contribution in [1.82, 2.24) is 9.21 Å². The molecule has 0 aromatic heterocycles. The van der Waals surface area contributed by atoms with E-state index >= 15 is 0 Å². The molecule has 4 rings (SSSR count). The van der Waals surface area contributed by atoms with Gasteiger partial charge in [0.05, 0.1) is 10.6 Å². The Balaban J connectivity index is 1.61. The van der Waals surface area contributed by atoms with Gasteiger partial charge in [-0.1, -0.05) is 0 Å². The lowest BCUT2D eigenvalue weighted by atomic mass is 10.1. The number of likely N-dealkylation sites (tertiary alicyclic amines) is 1. The molecule has 3 aliphatic heterocycles. The average molecular weight is 407 g/mol. The van der Waals surface area contributed by atoms with Crippen LogP contribution in [0.4, 0.5) is 5.69 Å². The molecule has 3 heterocycles. The first-order valence-electron chi connectivity index (χ1n) is 9.82. The quantitative estimate of drug-likeness (QED) is 0.749. The normalized spacial score (nSPS) is 20.8. The molecular formula is C19H25N3O5S. The summed E-state index contributed by atoms with van der Waals surface area (Å²) in [7, 11) is -3.62. The van der Waals surface area contributed by atoms with Gasteiger partial charge in [-0.05, 0) is 50.3 Å². The molecule has 0 radical (unpaired) electrons. The van der Waals surface area contributed by atoms with E-state index in [1.54, 1.807) is 11.0 Å². The first-order chi connectivity index (χ1) is 13.5. The van der Waals surface area contributed by atoms with Gasteiger partial charge in [-0.25, -0.2) is 8.42 Å². The predicted molar refractivity (Wildman–Crippen MR) is 103 cm³/mol. The summed E-state index contributed by atoms with van der Waals surface area (Å²) in [6.45, 7) is 2.17. The van der Waals surface area contributed by atoms with Crippen molar-refractivity contribution in [3.8, 4) is 5.75 Å². The summed E-state index contributed by atoms with van der Waals surface area (Å²) in [5, 5.41) is 0. The van der Waals surface area contributed by atoms with Crippen LogP contribution < -0.4 is 9.64 Å². The van der Waals surface area contributed by atoms with E-state index in [0.29, 0.717) is 37.6 Å². The highest BCUT2D eigenvalue weighted by Crippen LogP contribution is 2.35. The SMILES string of the molecule is O=C(CN1C(=O)COc2ccc(S(=O)(=O)N3CCCC3)cc21)N1CCCCC1. The molecule has 152 valence electrons. The molecule has 0 saturated carbocycles. The van der Waals surface area contributed by atoms with E-state index in [4.69, 9.17) is 4.74 Å². The van der Waals surface area contributed by atoms with Crippen LogP contribution in [0.3, 0.4) is 0 Å². The number of benzene rings is 1. The van der Waals surface area contributed by atoms with Gasteiger partial charge in [-0.15, -0.1) is 0 Å².